The van der Waals surface area contributed by atoms with E-state index in [2.05, 4.69) is 21.2 Å². The standard InChI is InChI=1S/C13H13BrN2O5/c1-7-5-8(14)9(6-10(7)16(20)21)15-11(17)13(12(18)19)3-2-4-13/h5-6H,2-4H2,1H3,(H,15,17)(H,18,19). The zero-order valence-corrected chi connectivity index (χ0v) is 12.8. The summed E-state index contributed by atoms with van der Waals surface area (Å²) < 4.78 is 0.471. The molecule has 112 valence electrons. The first-order chi connectivity index (χ1) is 9.78. The summed E-state index contributed by atoms with van der Waals surface area (Å²) in [6.07, 6.45) is 1.23. The number of carboxylic acid groups (broad SMARTS) is 1. The van der Waals surface area contributed by atoms with Gasteiger partial charge in [-0.05, 0) is 41.8 Å². The summed E-state index contributed by atoms with van der Waals surface area (Å²) in [5.74, 6) is -1.80. The number of aliphatic carboxylic acids is 1. The maximum absolute atomic E-state index is 12.2. The van der Waals surface area contributed by atoms with Gasteiger partial charge in [-0.1, -0.05) is 6.42 Å². The Morgan fingerprint density at radius 1 is 1.43 bits per heavy atom. The highest BCUT2D eigenvalue weighted by molar-refractivity contribution is 9.10. The van der Waals surface area contributed by atoms with Crippen molar-refractivity contribution < 1.29 is 19.6 Å². The Morgan fingerprint density at radius 2 is 2.05 bits per heavy atom. The van der Waals surface area contributed by atoms with Crippen LogP contribution < -0.4 is 5.32 Å². The molecule has 0 radical (unpaired) electrons. The topological polar surface area (TPSA) is 110 Å². The van der Waals surface area contributed by atoms with Crippen molar-refractivity contribution in [3.63, 3.8) is 0 Å². The summed E-state index contributed by atoms with van der Waals surface area (Å²) in [7, 11) is 0. The molecule has 0 saturated heterocycles. The smallest absolute Gasteiger partial charge is 0.319 e. The average molecular weight is 357 g/mol. The maximum atomic E-state index is 12.2. The van der Waals surface area contributed by atoms with E-state index >= 15 is 0 Å². The quantitative estimate of drug-likeness (QED) is 0.489. The van der Waals surface area contributed by atoms with Gasteiger partial charge in [0.05, 0.1) is 10.6 Å². The van der Waals surface area contributed by atoms with E-state index in [0.717, 1.165) is 0 Å². The molecule has 1 aromatic rings. The van der Waals surface area contributed by atoms with Gasteiger partial charge in [0, 0.05) is 16.1 Å². The molecule has 7 nitrogen and oxygen atoms in total. The van der Waals surface area contributed by atoms with Gasteiger partial charge in [0.15, 0.2) is 0 Å². The van der Waals surface area contributed by atoms with E-state index in [-0.39, 0.29) is 24.2 Å². The first kappa shape index (κ1) is 15.4. The summed E-state index contributed by atoms with van der Waals surface area (Å²) in [4.78, 5) is 33.8. The maximum Gasteiger partial charge on any atom is 0.319 e. The highest BCUT2D eigenvalue weighted by atomic mass is 79.9. The fraction of sp³-hybridized carbons (Fsp3) is 0.385. The van der Waals surface area contributed by atoms with Crippen LogP contribution in [0.25, 0.3) is 0 Å². The van der Waals surface area contributed by atoms with Crippen LogP contribution in [0.5, 0.6) is 0 Å². The normalized spacial score (nSPS) is 15.9. The predicted octanol–water partition coefficient (Wildman–Crippen LogP) is 2.86. The second-order valence-electron chi connectivity index (χ2n) is 5.07. The number of rotatable bonds is 4. The summed E-state index contributed by atoms with van der Waals surface area (Å²) in [5, 5.41) is 22.6. The number of nitrogens with one attached hydrogen (secondary N) is 1. The Kier molecular flexibility index (Phi) is 3.99. The minimum atomic E-state index is -1.42. The van der Waals surface area contributed by atoms with E-state index in [1.807, 2.05) is 0 Å². The van der Waals surface area contributed by atoms with E-state index in [1.165, 1.54) is 12.1 Å². The van der Waals surface area contributed by atoms with Crippen LogP contribution in [-0.2, 0) is 9.59 Å². The molecule has 0 atom stereocenters. The number of nitro benzene ring substituents is 1. The minimum absolute atomic E-state index is 0.133. The fourth-order valence-corrected chi connectivity index (χ4v) is 2.82. The first-order valence-electron chi connectivity index (χ1n) is 6.27. The van der Waals surface area contributed by atoms with Crippen LogP contribution in [0.4, 0.5) is 11.4 Å². The molecule has 8 heteroatoms. The lowest BCUT2D eigenvalue weighted by atomic mass is 9.68. The van der Waals surface area contributed by atoms with Crippen LogP contribution in [0.15, 0.2) is 16.6 Å². The van der Waals surface area contributed by atoms with Crippen molar-refractivity contribution in [1.29, 1.82) is 0 Å². The van der Waals surface area contributed by atoms with Crippen molar-refractivity contribution in [3.05, 3.63) is 32.3 Å². The van der Waals surface area contributed by atoms with Crippen molar-refractivity contribution in [2.45, 2.75) is 26.2 Å². The fourth-order valence-electron chi connectivity index (χ4n) is 2.26. The highest BCUT2D eigenvalue weighted by Crippen LogP contribution is 2.43. The second kappa shape index (κ2) is 5.44. The van der Waals surface area contributed by atoms with Gasteiger partial charge < -0.3 is 10.4 Å². The summed E-state index contributed by atoms with van der Waals surface area (Å²) in [6.45, 7) is 1.58. The van der Waals surface area contributed by atoms with Gasteiger partial charge in [0.1, 0.15) is 5.41 Å². The lowest BCUT2D eigenvalue weighted by molar-refractivity contribution is -0.385. The molecule has 21 heavy (non-hydrogen) atoms. The van der Waals surface area contributed by atoms with Crippen molar-refractivity contribution in [1.82, 2.24) is 0 Å². The number of benzene rings is 1. The van der Waals surface area contributed by atoms with Gasteiger partial charge in [0.25, 0.3) is 5.69 Å². The molecule has 1 aliphatic rings. The molecular weight excluding hydrogens is 344 g/mol. The van der Waals surface area contributed by atoms with Crippen LogP contribution in [0.1, 0.15) is 24.8 Å². The number of carboxylic acids is 1. The Hall–Kier alpha value is -1.96. The number of hydrogen-bond acceptors (Lipinski definition) is 4. The third kappa shape index (κ3) is 2.63. The molecule has 1 aromatic carbocycles. The highest BCUT2D eigenvalue weighted by Gasteiger charge is 2.51. The number of hydrogen-bond donors (Lipinski definition) is 2. The number of aryl methyl sites for hydroxylation is 1. The average Bonchev–Trinajstić information content (AvgIpc) is 2.29. The van der Waals surface area contributed by atoms with Crippen molar-refractivity contribution in [2.75, 3.05) is 5.32 Å². The largest absolute Gasteiger partial charge is 0.480 e. The van der Waals surface area contributed by atoms with Crippen LogP contribution in [0, 0.1) is 22.5 Å². The van der Waals surface area contributed by atoms with Crippen LogP contribution in [-0.4, -0.2) is 21.9 Å². The second-order valence-corrected chi connectivity index (χ2v) is 5.92. The van der Waals surface area contributed by atoms with Gasteiger partial charge in [-0.15, -0.1) is 0 Å². The molecule has 1 fully saturated rings. The zero-order valence-electron chi connectivity index (χ0n) is 11.2. The van der Waals surface area contributed by atoms with Gasteiger partial charge >= 0.3 is 5.97 Å². The molecule has 2 N–H and O–H groups in total. The Balaban J connectivity index is 2.31. The van der Waals surface area contributed by atoms with E-state index in [4.69, 9.17) is 0 Å². The van der Waals surface area contributed by atoms with Crippen molar-refractivity contribution >= 4 is 39.2 Å². The molecule has 0 unspecified atom stereocenters. The lowest BCUT2D eigenvalue weighted by Crippen LogP contribution is -2.48. The molecule has 0 aliphatic heterocycles. The van der Waals surface area contributed by atoms with Gasteiger partial charge in [0.2, 0.25) is 5.91 Å². The van der Waals surface area contributed by atoms with Gasteiger partial charge in [-0.3, -0.25) is 19.7 Å². The minimum Gasteiger partial charge on any atom is -0.480 e. The van der Waals surface area contributed by atoms with Crippen molar-refractivity contribution in [2.24, 2.45) is 5.41 Å². The zero-order chi connectivity index (χ0) is 15.8. The van der Waals surface area contributed by atoms with E-state index in [1.54, 1.807) is 6.92 Å². The Bertz CT molecular complexity index is 640. The molecule has 2 rings (SSSR count). The number of anilines is 1. The predicted molar refractivity (Wildman–Crippen MR) is 78.1 cm³/mol. The number of amides is 1. The number of halogens is 1. The molecular formula is C13H13BrN2O5. The van der Waals surface area contributed by atoms with E-state index < -0.39 is 22.2 Å². The number of carbonyl (C=O) groups excluding carboxylic acids is 1. The molecule has 1 aliphatic carbocycles. The van der Waals surface area contributed by atoms with Crippen LogP contribution in [0.2, 0.25) is 0 Å². The summed E-state index contributed by atoms with van der Waals surface area (Å²) in [5.41, 5.74) is -0.906. The Labute approximate surface area is 128 Å². The van der Waals surface area contributed by atoms with Gasteiger partial charge in [-0.2, -0.15) is 0 Å². The SMILES string of the molecule is Cc1cc(Br)c(NC(=O)C2(C(=O)O)CCC2)cc1[N+](=O)[O-]. The van der Waals surface area contributed by atoms with Crippen LogP contribution >= 0.6 is 15.9 Å². The van der Waals surface area contributed by atoms with Crippen LogP contribution in [0.3, 0.4) is 0 Å². The van der Waals surface area contributed by atoms with E-state index in [0.29, 0.717) is 16.5 Å². The molecule has 0 heterocycles. The molecule has 1 saturated carbocycles. The molecule has 0 spiro atoms. The number of nitro groups is 1. The third-order valence-electron chi connectivity index (χ3n) is 3.78. The molecule has 0 aromatic heterocycles. The lowest BCUT2D eigenvalue weighted by Gasteiger charge is -2.35. The van der Waals surface area contributed by atoms with Crippen molar-refractivity contribution in [3.8, 4) is 0 Å². The summed E-state index contributed by atoms with van der Waals surface area (Å²) in [6, 6.07) is 2.74. The Morgan fingerprint density at radius 3 is 2.48 bits per heavy atom. The third-order valence-corrected chi connectivity index (χ3v) is 4.44. The molecule has 1 amide bonds. The number of nitrogens with zero attached hydrogens (tertiary/aromatic N) is 1. The summed E-state index contributed by atoms with van der Waals surface area (Å²) >= 11 is 3.22. The van der Waals surface area contributed by atoms with Gasteiger partial charge in [-0.25, -0.2) is 0 Å². The number of carbonyl (C=O) groups is 2. The first-order valence-corrected chi connectivity index (χ1v) is 7.06. The monoisotopic (exact) mass is 356 g/mol. The molecule has 0 bridgehead atoms. The van der Waals surface area contributed by atoms with E-state index in [9.17, 15) is 24.8 Å².